The maximum absolute atomic E-state index is 13.3. The van der Waals surface area contributed by atoms with Crippen LogP contribution >= 0.6 is 0 Å². The molecule has 0 aromatic heterocycles. The van der Waals surface area contributed by atoms with Gasteiger partial charge < -0.3 is 5.32 Å². The van der Waals surface area contributed by atoms with E-state index < -0.39 is 17.6 Å². The number of hydrogen-bond donors (Lipinski definition) is 1. The molecule has 17 heavy (non-hydrogen) atoms. The summed E-state index contributed by atoms with van der Waals surface area (Å²) >= 11 is 0. The molecule has 0 heterocycles. The maximum Gasteiger partial charge on any atom is 0.419 e. The van der Waals surface area contributed by atoms with Gasteiger partial charge >= 0.3 is 6.18 Å². The largest absolute Gasteiger partial charge is 0.419 e. The lowest BCUT2D eigenvalue weighted by Crippen LogP contribution is -2.20. The van der Waals surface area contributed by atoms with E-state index in [4.69, 9.17) is 0 Å². The second kappa shape index (κ2) is 5.49. The van der Waals surface area contributed by atoms with Gasteiger partial charge in [0.05, 0.1) is 5.56 Å². The van der Waals surface area contributed by atoms with E-state index in [1.807, 2.05) is 13.8 Å². The summed E-state index contributed by atoms with van der Waals surface area (Å²) in [6.45, 7) is 4.47. The summed E-state index contributed by atoms with van der Waals surface area (Å²) in [6.07, 6.45) is -3.94. The first kappa shape index (κ1) is 14.0. The smallest absolute Gasteiger partial charge is 0.310 e. The van der Waals surface area contributed by atoms with E-state index >= 15 is 0 Å². The minimum atomic E-state index is -4.64. The first-order valence-electron chi connectivity index (χ1n) is 5.50. The summed E-state index contributed by atoms with van der Waals surface area (Å²) in [5.74, 6) is -1.22. The molecule has 0 aliphatic heterocycles. The number of rotatable bonds is 4. The molecule has 1 N–H and O–H groups in total. The highest BCUT2D eigenvalue weighted by atomic mass is 19.4. The number of hydrogen-bond acceptors (Lipinski definition) is 1. The Morgan fingerprint density at radius 2 is 1.88 bits per heavy atom. The number of alkyl halides is 3. The Kier molecular flexibility index (Phi) is 4.51. The molecule has 1 aromatic rings. The summed E-state index contributed by atoms with van der Waals surface area (Å²) in [4.78, 5) is 0. The Morgan fingerprint density at radius 1 is 1.24 bits per heavy atom. The van der Waals surface area contributed by atoms with Gasteiger partial charge in [-0.05, 0) is 30.7 Å². The molecule has 0 fully saturated rings. The predicted molar refractivity (Wildman–Crippen MR) is 58.1 cm³/mol. The van der Waals surface area contributed by atoms with E-state index in [-0.39, 0.29) is 6.04 Å². The minimum absolute atomic E-state index is 0.114. The molecule has 1 nitrogen and oxygen atoms in total. The van der Waals surface area contributed by atoms with Gasteiger partial charge in [-0.15, -0.1) is 0 Å². The molecular formula is C12H15F4N. The molecule has 0 aliphatic carbocycles. The molecule has 0 radical (unpaired) electrons. The first-order valence-corrected chi connectivity index (χ1v) is 5.50. The van der Waals surface area contributed by atoms with Crippen molar-refractivity contribution in [2.24, 2.45) is 0 Å². The van der Waals surface area contributed by atoms with Crippen LogP contribution in [0.15, 0.2) is 18.2 Å². The van der Waals surface area contributed by atoms with Crippen molar-refractivity contribution < 1.29 is 17.6 Å². The van der Waals surface area contributed by atoms with Crippen molar-refractivity contribution in [2.75, 3.05) is 6.54 Å². The Morgan fingerprint density at radius 3 is 2.29 bits per heavy atom. The fourth-order valence-corrected chi connectivity index (χ4v) is 1.72. The van der Waals surface area contributed by atoms with E-state index in [2.05, 4.69) is 5.32 Å². The molecule has 0 amide bonds. The summed E-state index contributed by atoms with van der Waals surface area (Å²) in [5, 5.41) is 3.09. The lowest BCUT2D eigenvalue weighted by atomic mass is 10.0. The Bertz CT molecular complexity index is 373. The van der Waals surface area contributed by atoms with E-state index in [0.29, 0.717) is 18.5 Å². The Balaban J connectivity index is 3.03. The average molecular weight is 249 g/mol. The molecule has 0 aliphatic rings. The fraction of sp³-hybridized carbons (Fsp3) is 0.500. The van der Waals surface area contributed by atoms with Crippen molar-refractivity contribution in [1.82, 2.24) is 5.32 Å². The number of nitrogens with one attached hydrogen (secondary N) is 1. The van der Waals surface area contributed by atoms with Gasteiger partial charge in [-0.2, -0.15) is 13.2 Å². The molecule has 1 aromatic carbocycles. The van der Waals surface area contributed by atoms with E-state index in [9.17, 15) is 17.6 Å². The topological polar surface area (TPSA) is 12.0 Å². The zero-order chi connectivity index (χ0) is 13.1. The van der Waals surface area contributed by atoms with Crippen molar-refractivity contribution in [3.05, 3.63) is 35.1 Å². The third-order valence-electron chi connectivity index (χ3n) is 2.56. The summed E-state index contributed by atoms with van der Waals surface area (Å²) in [5.41, 5.74) is -0.674. The van der Waals surface area contributed by atoms with Crippen LogP contribution in [-0.4, -0.2) is 6.54 Å². The van der Waals surface area contributed by atoms with Crippen LogP contribution in [0.5, 0.6) is 0 Å². The van der Waals surface area contributed by atoms with Gasteiger partial charge in [0.15, 0.2) is 0 Å². The van der Waals surface area contributed by atoms with Crippen LogP contribution in [0.3, 0.4) is 0 Å². The molecule has 1 unspecified atom stereocenters. The quantitative estimate of drug-likeness (QED) is 0.798. The standard InChI is InChI=1S/C12H15F4N/c1-3-11(17-4-2)8-5-6-9(10(13)7-8)12(14,15)16/h5-7,11,17H,3-4H2,1-2H3. The van der Waals surface area contributed by atoms with Crippen LogP contribution in [0.25, 0.3) is 0 Å². The van der Waals surface area contributed by atoms with Crippen molar-refractivity contribution in [3.63, 3.8) is 0 Å². The van der Waals surface area contributed by atoms with Crippen LogP contribution < -0.4 is 5.32 Å². The number of halogens is 4. The fourth-order valence-electron chi connectivity index (χ4n) is 1.72. The molecule has 0 saturated carbocycles. The monoisotopic (exact) mass is 249 g/mol. The van der Waals surface area contributed by atoms with Crippen molar-refractivity contribution >= 4 is 0 Å². The third kappa shape index (κ3) is 3.43. The molecule has 1 rings (SSSR count). The zero-order valence-corrected chi connectivity index (χ0v) is 9.74. The SMILES string of the molecule is CCNC(CC)c1ccc(C(F)(F)F)c(F)c1. The van der Waals surface area contributed by atoms with Crippen LogP contribution in [-0.2, 0) is 6.18 Å². The predicted octanol–water partition coefficient (Wildman–Crippen LogP) is 3.91. The first-order chi connectivity index (χ1) is 7.90. The summed E-state index contributed by atoms with van der Waals surface area (Å²) < 4.78 is 50.4. The number of benzene rings is 1. The Labute approximate surface area is 97.8 Å². The molecule has 5 heteroatoms. The Hall–Kier alpha value is -1.10. The van der Waals surface area contributed by atoms with E-state index in [0.717, 1.165) is 12.1 Å². The lowest BCUT2D eigenvalue weighted by molar-refractivity contribution is -0.140. The van der Waals surface area contributed by atoms with Crippen LogP contribution in [0, 0.1) is 5.82 Å². The van der Waals surface area contributed by atoms with Crippen LogP contribution in [0.4, 0.5) is 17.6 Å². The molecule has 0 bridgehead atoms. The maximum atomic E-state index is 13.3. The van der Waals surface area contributed by atoms with Gasteiger partial charge in [-0.1, -0.05) is 19.9 Å². The van der Waals surface area contributed by atoms with Gasteiger partial charge in [0.25, 0.3) is 0 Å². The zero-order valence-electron chi connectivity index (χ0n) is 9.74. The summed E-state index contributed by atoms with van der Waals surface area (Å²) in [6, 6.07) is 2.96. The summed E-state index contributed by atoms with van der Waals surface area (Å²) in [7, 11) is 0. The molecule has 96 valence electrons. The average Bonchev–Trinajstić information content (AvgIpc) is 2.23. The minimum Gasteiger partial charge on any atom is -0.310 e. The normalized spacial score (nSPS) is 13.8. The van der Waals surface area contributed by atoms with Crippen molar-refractivity contribution in [3.8, 4) is 0 Å². The van der Waals surface area contributed by atoms with Crippen LogP contribution in [0.2, 0.25) is 0 Å². The lowest BCUT2D eigenvalue weighted by Gasteiger charge is -2.17. The van der Waals surface area contributed by atoms with E-state index in [1.54, 1.807) is 0 Å². The molecule has 1 atom stereocenters. The molecule has 0 saturated heterocycles. The van der Waals surface area contributed by atoms with Gasteiger partial charge in [-0.25, -0.2) is 4.39 Å². The van der Waals surface area contributed by atoms with Gasteiger partial charge in [0.2, 0.25) is 0 Å². The van der Waals surface area contributed by atoms with Gasteiger partial charge in [0, 0.05) is 6.04 Å². The third-order valence-corrected chi connectivity index (χ3v) is 2.56. The second-order valence-electron chi connectivity index (χ2n) is 3.76. The van der Waals surface area contributed by atoms with Crippen molar-refractivity contribution in [1.29, 1.82) is 0 Å². The molecular weight excluding hydrogens is 234 g/mol. The van der Waals surface area contributed by atoms with Crippen molar-refractivity contribution in [2.45, 2.75) is 32.5 Å². The highest BCUT2D eigenvalue weighted by molar-refractivity contribution is 5.28. The van der Waals surface area contributed by atoms with E-state index in [1.165, 1.54) is 6.07 Å². The van der Waals surface area contributed by atoms with Gasteiger partial charge in [0.1, 0.15) is 5.82 Å². The molecule has 0 spiro atoms. The highest BCUT2D eigenvalue weighted by Crippen LogP contribution is 2.32. The highest BCUT2D eigenvalue weighted by Gasteiger charge is 2.34. The van der Waals surface area contributed by atoms with Gasteiger partial charge in [-0.3, -0.25) is 0 Å². The van der Waals surface area contributed by atoms with Crippen LogP contribution in [0.1, 0.15) is 37.4 Å². The second-order valence-corrected chi connectivity index (χ2v) is 3.76.